The lowest BCUT2D eigenvalue weighted by molar-refractivity contribution is 0.321. The molecule has 0 unspecified atom stereocenters. The quantitative estimate of drug-likeness (QED) is 0.319. The molecular weight excluding hydrogens is 120 g/mol. The monoisotopic (exact) mass is 130 g/mol. The molecule has 0 amide bonds. The molecule has 0 saturated heterocycles. The Bertz CT molecular complexity index is 60.9. The Morgan fingerprint density at radius 3 is 2.88 bits per heavy atom. The fourth-order valence-electron chi connectivity index (χ4n) is 0.359. The summed E-state index contributed by atoms with van der Waals surface area (Å²) in [7, 11) is 0. The summed E-state index contributed by atoms with van der Waals surface area (Å²) in [6, 6.07) is 0. The van der Waals surface area contributed by atoms with E-state index in [0.717, 1.165) is 19.4 Å². The van der Waals surface area contributed by atoms with Crippen molar-refractivity contribution < 1.29 is 4.74 Å². The van der Waals surface area contributed by atoms with Crippen LogP contribution < -0.4 is 0 Å². The minimum Gasteiger partial charge on any atom is -0.490 e. The molecule has 0 rings (SSSR count). The molecule has 0 saturated carbocycles. The molecule has 0 aliphatic heterocycles. The minimum absolute atomic E-state index is 0.718. The highest BCUT2D eigenvalue weighted by Crippen LogP contribution is 1.87. The van der Waals surface area contributed by atoms with E-state index in [1.165, 1.54) is 5.55 Å². The normalized spacial score (nSPS) is 8.00. The van der Waals surface area contributed by atoms with E-state index in [0.29, 0.717) is 0 Å². The van der Waals surface area contributed by atoms with Gasteiger partial charge in [0.05, 0.1) is 6.61 Å². The molecule has 0 fully saturated rings. The maximum atomic E-state index is 4.78. The lowest BCUT2D eigenvalue weighted by Gasteiger charge is -1.93. The van der Waals surface area contributed by atoms with Gasteiger partial charge in [0.25, 0.3) is 0 Å². The summed E-state index contributed by atoms with van der Waals surface area (Å²) < 4.78 is 4.78. The average molecular weight is 130 g/mol. The van der Waals surface area contributed by atoms with Crippen molar-refractivity contribution in [3.63, 3.8) is 0 Å². The van der Waals surface area contributed by atoms with Crippen molar-refractivity contribution in [3.05, 3.63) is 12.7 Å². The summed E-state index contributed by atoms with van der Waals surface area (Å²) in [4.78, 5) is 0. The predicted octanol–water partition coefficient (Wildman–Crippen LogP) is 1.93. The van der Waals surface area contributed by atoms with E-state index in [9.17, 15) is 0 Å². The molecule has 0 aliphatic rings. The molecule has 0 bridgehead atoms. The van der Waals surface area contributed by atoms with Crippen molar-refractivity contribution in [1.29, 1.82) is 0 Å². The highest BCUT2D eigenvalue weighted by molar-refractivity contribution is 7.78. The van der Waals surface area contributed by atoms with Crippen molar-refractivity contribution in [2.75, 3.05) is 6.61 Å². The van der Waals surface area contributed by atoms with E-state index in [2.05, 4.69) is 18.8 Å². The van der Waals surface area contributed by atoms with E-state index in [1.807, 2.05) is 6.08 Å². The van der Waals surface area contributed by atoms with Crippen LogP contribution in [0.15, 0.2) is 12.7 Å². The predicted molar refractivity (Wildman–Crippen MR) is 39.0 cm³/mol. The minimum atomic E-state index is 0.718. The fourth-order valence-corrected chi connectivity index (χ4v) is 0.455. The third kappa shape index (κ3) is 5.63. The summed E-state index contributed by atoms with van der Waals surface area (Å²) in [6.45, 7) is 4.28. The van der Waals surface area contributed by atoms with Crippen molar-refractivity contribution in [1.82, 2.24) is 0 Å². The molecule has 0 aromatic heterocycles. The first-order valence-corrected chi connectivity index (χ1v) is 3.05. The van der Waals surface area contributed by atoms with Gasteiger partial charge in [0, 0.05) is 0 Å². The first-order chi connectivity index (χ1) is 3.91. The molecular formula is C6H10OS. The molecule has 0 aromatic rings. The highest BCUT2D eigenvalue weighted by atomic mass is 32.1. The van der Waals surface area contributed by atoms with Crippen LogP contribution in [0.1, 0.15) is 12.8 Å². The Hall–Kier alpha value is -0.370. The van der Waals surface area contributed by atoms with Crippen molar-refractivity contribution >= 4 is 17.8 Å². The van der Waals surface area contributed by atoms with Gasteiger partial charge in [0.1, 0.15) is 5.55 Å². The number of allylic oxidation sites excluding steroid dienone is 1. The van der Waals surface area contributed by atoms with Crippen molar-refractivity contribution in [2.45, 2.75) is 12.8 Å². The number of rotatable bonds is 5. The van der Waals surface area contributed by atoms with Gasteiger partial charge in [-0.3, -0.25) is 0 Å². The standard InChI is InChI=1S/C6H10OS/c1-2-3-4-5-7-6-8/h2,6H,1,3-5H2. The summed E-state index contributed by atoms with van der Waals surface area (Å²) >= 11 is 4.43. The number of unbranched alkanes of at least 4 members (excludes halogenated alkanes) is 1. The fraction of sp³-hybridized carbons (Fsp3) is 0.500. The SMILES string of the molecule is C=CCCCOC=S. The zero-order valence-corrected chi connectivity index (χ0v) is 5.62. The maximum Gasteiger partial charge on any atom is 0.146 e. The van der Waals surface area contributed by atoms with Gasteiger partial charge in [-0.1, -0.05) is 6.08 Å². The second-order valence-electron chi connectivity index (χ2n) is 1.40. The highest BCUT2D eigenvalue weighted by Gasteiger charge is 1.79. The molecule has 46 valence electrons. The number of thiocarbonyl (C=S) groups is 1. The van der Waals surface area contributed by atoms with Gasteiger partial charge in [-0.25, -0.2) is 0 Å². The van der Waals surface area contributed by atoms with Gasteiger partial charge >= 0.3 is 0 Å². The van der Waals surface area contributed by atoms with Gasteiger partial charge in [-0.2, -0.15) is 0 Å². The maximum absolute atomic E-state index is 4.78. The third-order valence-corrected chi connectivity index (χ3v) is 0.875. The zero-order chi connectivity index (χ0) is 6.24. The van der Waals surface area contributed by atoms with E-state index < -0.39 is 0 Å². The van der Waals surface area contributed by atoms with Crippen LogP contribution in [0.25, 0.3) is 0 Å². The topological polar surface area (TPSA) is 9.23 Å². The molecule has 0 aromatic carbocycles. The van der Waals surface area contributed by atoms with E-state index in [-0.39, 0.29) is 0 Å². The smallest absolute Gasteiger partial charge is 0.146 e. The van der Waals surface area contributed by atoms with Crippen molar-refractivity contribution in [2.24, 2.45) is 0 Å². The molecule has 2 heteroatoms. The van der Waals surface area contributed by atoms with E-state index in [1.54, 1.807) is 0 Å². The summed E-state index contributed by atoms with van der Waals surface area (Å²) in [5.74, 6) is 0. The van der Waals surface area contributed by atoms with Crippen LogP contribution in [0.5, 0.6) is 0 Å². The summed E-state index contributed by atoms with van der Waals surface area (Å²) in [5.41, 5.74) is 1.29. The molecule has 8 heavy (non-hydrogen) atoms. The lowest BCUT2D eigenvalue weighted by atomic mass is 10.3. The largest absolute Gasteiger partial charge is 0.490 e. The number of ether oxygens (including phenoxy) is 1. The zero-order valence-electron chi connectivity index (χ0n) is 4.80. The molecule has 0 radical (unpaired) electrons. The van der Waals surface area contributed by atoms with Crippen LogP contribution in [0.2, 0.25) is 0 Å². The van der Waals surface area contributed by atoms with Crippen LogP contribution in [0, 0.1) is 0 Å². The Morgan fingerprint density at radius 1 is 1.62 bits per heavy atom. The Kier molecular flexibility index (Phi) is 6.32. The van der Waals surface area contributed by atoms with Crippen LogP contribution >= 0.6 is 12.2 Å². The molecule has 0 heterocycles. The van der Waals surface area contributed by atoms with Crippen LogP contribution in [0.3, 0.4) is 0 Å². The lowest BCUT2D eigenvalue weighted by Crippen LogP contribution is -1.87. The third-order valence-electron chi connectivity index (χ3n) is 0.738. The van der Waals surface area contributed by atoms with Crippen LogP contribution in [-0.4, -0.2) is 12.2 Å². The van der Waals surface area contributed by atoms with Crippen LogP contribution in [0.4, 0.5) is 0 Å². The first kappa shape index (κ1) is 7.63. The Labute approximate surface area is 55.3 Å². The second-order valence-corrected chi connectivity index (χ2v) is 1.59. The molecule has 0 spiro atoms. The molecule has 0 aliphatic carbocycles. The van der Waals surface area contributed by atoms with Gasteiger partial charge < -0.3 is 4.74 Å². The van der Waals surface area contributed by atoms with Crippen LogP contribution in [-0.2, 0) is 4.74 Å². The van der Waals surface area contributed by atoms with E-state index >= 15 is 0 Å². The van der Waals surface area contributed by atoms with Gasteiger partial charge in [0.2, 0.25) is 0 Å². The van der Waals surface area contributed by atoms with Gasteiger partial charge in [0.15, 0.2) is 0 Å². The molecule has 0 N–H and O–H groups in total. The summed E-state index contributed by atoms with van der Waals surface area (Å²) in [5, 5.41) is 0. The number of hydrogen-bond acceptors (Lipinski definition) is 2. The van der Waals surface area contributed by atoms with Crippen molar-refractivity contribution in [3.8, 4) is 0 Å². The summed E-state index contributed by atoms with van der Waals surface area (Å²) in [6.07, 6.45) is 3.88. The van der Waals surface area contributed by atoms with E-state index in [4.69, 9.17) is 4.74 Å². The van der Waals surface area contributed by atoms with Gasteiger partial charge in [-0.15, -0.1) is 6.58 Å². The molecule has 1 nitrogen and oxygen atoms in total. The van der Waals surface area contributed by atoms with Gasteiger partial charge in [-0.05, 0) is 25.1 Å². The second kappa shape index (κ2) is 6.63. The molecule has 0 atom stereocenters. The Balaban J connectivity index is 2.71. The average Bonchev–Trinajstić information content (AvgIpc) is 1.81. The Morgan fingerprint density at radius 2 is 2.38 bits per heavy atom. The number of hydrogen-bond donors (Lipinski definition) is 0. The first-order valence-electron chi connectivity index (χ1n) is 2.58.